The molecule has 7 rings (SSSR count). The van der Waals surface area contributed by atoms with E-state index in [4.69, 9.17) is 0 Å². The van der Waals surface area contributed by atoms with Crippen molar-refractivity contribution in [2.24, 2.45) is 14.1 Å². The zero-order valence-electron chi connectivity index (χ0n) is 16.6. The molecule has 0 bridgehead atoms. The van der Waals surface area contributed by atoms with Crippen molar-refractivity contribution in [2.45, 2.75) is 19.1 Å². The Bertz CT molecular complexity index is 1380. The summed E-state index contributed by atoms with van der Waals surface area (Å²) in [7, 11) is 4.38. The second kappa shape index (κ2) is 5.11. The molecule has 2 aromatic carbocycles. The van der Waals surface area contributed by atoms with E-state index in [-0.39, 0.29) is 0 Å². The number of fused-ring (bicyclic) bond motifs is 8. The molecule has 2 aliphatic heterocycles. The summed E-state index contributed by atoms with van der Waals surface area (Å²) >= 11 is 0. The summed E-state index contributed by atoms with van der Waals surface area (Å²) in [6.07, 6.45) is 0. The number of aromatic nitrogens is 5. The molecule has 0 radical (unpaired) electrons. The van der Waals surface area contributed by atoms with Crippen molar-refractivity contribution in [1.29, 1.82) is 0 Å². The number of benzene rings is 2. The van der Waals surface area contributed by atoms with Crippen LogP contribution in [0.4, 0.5) is 0 Å². The number of rotatable bonds is 0. The molecule has 5 nitrogen and oxygen atoms in total. The van der Waals surface area contributed by atoms with Gasteiger partial charge in [-0.15, -0.1) is 0 Å². The molecule has 140 valence electrons. The molecule has 2 aliphatic rings. The van der Waals surface area contributed by atoms with Gasteiger partial charge in [0.05, 0.1) is 14.1 Å². The lowest BCUT2D eigenvalue weighted by molar-refractivity contribution is -0.734. The van der Waals surface area contributed by atoms with Gasteiger partial charge in [-0.1, -0.05) is 24.3 Å². The van der Waals surface area contributed by atoms with Crippen LogP contribution in [-0.4, -0.2) is 9.13 Å². The van der Waals surface area contributed by atoms with Crippen LogP contribution in [0, 0.1) is 0 Å². The molecular formula is C24H22N5+3. The van der Waals surface area contributed by atoms with Crippen molar-refractivity contribution in [3.8, 4) is 23.0 Å². The minimum atomic E-state index is 0.396. The van der Waals surface area contributed by atoms with Gasteiger partial charge >= 0.3 is 11.6 Å². The van der Waals surface area contributed by atoms with Crippen LogP contribution in [0.25, 0.3) is 45.1 Å². The van der Waals surface area contributed by atoms with Crippen LogP contribution in [0.3, 0.4) is 0 Å². The van der Waals surface area contributed by atoms with Gasteiger partial charge in [0.15, 0.2) is 35.2 Å². The fraction of sp³-hybridized carbons (Fsp3) is 0.208. The quantitative estimate of drug-likeness (QED) is 0.368. The molecule has 5 heterocycles. The van der Waals surface area contributed by atoms with Crippen LogP contribution in [0.15, 0.2) is 66.7 Å². The molecule has 29 heavy (non-hydrogen) atoms. The van der Waals surface area contributed by atoms with Gasteiger partial charge < -0.3 is 0 Å². The van der Waals surface area contributed by atoms with Crippen molar-refractivity contribution in [3.05, 3.63) is 66.7 Å². The lowest BCUT2D eigenvalue weighted by Gasteiger charge is -2.22. The Morgan fingerprint density at radius 2 is 1.14 bits per heavy atom. The number of pyridine rings is 1. The Balaban J connectivity index is 1.60. The number of nitrogens with zero attached hydrogens (tertiary/aromatic N) is 5. The van der Waals surface area contributed by atoms with E-state index >= 15 is 0 Å². The van der Waals surface area contributed by atoms with Crippen LogP contribution in [0.2, 0.25) is 0 Å². The Hall–Kier alpha value is -3.47. The van der Waals surface area contributed by atoms with Gasteiger partial charge in [0.2, 0.25) is 6.04 Å². The molecule has 0 unspecified atom stereocenters. The van der Waals surface area contributed by atoms with Gasteiger partial charge in [0.25, 0.3) is 11.4 Å². The first-order chi connectivity index (χ1) is 14.2. The molecule has 5 heteroatoms. The predicted molar refractivity (Wildman–Crippen MR) is 110 cm³/mol. The third-order valence-corrected chi connectivity index (χ3v) is 6.85. The fourth-order valence-corrected chi connectivity index (χ4v) is 5.68. The normalized spacial score (nSPS) is 14.8. The summed E-state index contributed by atoms with van der Waals surface area (Å²) in [4.78, 5) is 0. The highest BCUT2D eigenvalue weighted by Crippen LogP contribution is 2.34. The molecule has 0 atom stereocenters. The monoisotopic (exact) mass is 380 g/mol. The second-order valence-electron chi connectivity index (χ2n) is 8.28. The summed E-state index contributed by atoms with van der Waals surface area (Å²) in [5, 5.41) is 0. The van der Waals surface area contributed by atoms with Crippen LogP contribution >= 0.6 is 0 Å². The number of para-hydroxylation sites is 4. The smallest absolute Gasteiger partial charge is 0.220 e. The molecule has 0 N–H and O–H groups in total. The third kappa shape index (κ3) is 1.74. The van der Waals surface area contributed by atoms with Gasteiger partial charge in [-0.25, -0.2) is 18.3 Å². The maximum Gasteiger partial charge on any atom is 0.355 e. The Kier molecular flexibility index (Phi) is 2.73. The predicted octanol–water partition coefficient (Wildman–Crippen LogP) is 2.43. The molecule has 0 fully saturated rings. The van der Waals surface area contributed by atoms with E-state index in [1.54, 1.807) is 0 Å². The number of hydrogen-bond acceptors (Lipinski definition) is 0. The summed E-state index contributed by atoms with van der Waals surface area (Å²) in [6.45, 7) is 1.97. The molecule has 3 aromatic heterocycles. The van der Waals surface area contributed by atoms with E-state index in [2.05, 4.69) is 104 Å². The first-order valence-electron chi connectivity index (χ1n) is 10.2. The minimum absolute atomic E-state index is 0.396. The summed E-state index contributed by atoms with van der Waals surface area (Å²) in [6, 6.07) is 24.7. The number of hydrogen-bond donors (Lipinski definition) is 0. The number of aryl methyl sites for hydroxylation is 2. The lowest BCUT2D eigenvalue weighted by Crippen LogP contribution is -2.56. The maximum absolute atomic E-state index is 2.57. The first-order valence-corrected chi connectivity index (χ1v) is 10.2. The first kappa shape index (κ1) is 15.5. The molecule has 0 spiro atoms. The van der Waals surface area contributed by atoms with Gasteiger partial charge in [-0.3, -0.25) is 0 Å². The SMILES string of the molecule is C[n+]1c2n(c3ccccc31)CC1Cn3c([n+](C)c4ccccc43)-c3cccc-2[n+]31. The van der Waals surface area contributed by atoms with E-state index in [9.17, 15) is 0 Å². The highest BCUT2D eigenvalue weighted by Gasteiger charge is 2.49. The van der Waals surface area contributed by atoms with E-state index in [0.717, 1.165) is 13.1 Å². The van der Waals surface area contributed by atoms with Gasteiger partial charge in [0.1, 0.15) is 0 Å². The molecule has 5 aromatic rings. The zero-order chi connectivity index (χ0) is 19.3. The minimum Gasteiger partial charge on any atom is -0.220 e. The zero-order valence-corrected chi connectivity index (χ0v) is 16.6. The topological polar surface area (TPSA) is 21.5 Å². The number of imidazole rings is 2. The summed E-state index contributed by atoms with van der Waals surface area (Å²) in [5.74, 6) is 2.58. The van der Waals surface area contributed by atoms with E-state index in [0.29, 0.717) is 6.04 Å². The van der Waals surface area contributed by atoms with Crippen LogP contribution in [-0.2, 0) is 27.2 Å². The molecule has 0 amide bonds. The Labute approximate surface area is 168 Å². The van der Waals surface area contributed by atoms with Crippen molar-refractivity contribution < 1.29 is 13.7 Å². The Morgan fingerprint density at radius 1 is 0.655 bits per heavy atom. The van der Waals surface area contributed by atoms with Crippen LogP contribution < -0.4 is 13.7 Å². The average molecular weight is 380 g/mol. The van der Waals surface area contributed by atoms with Crippen LogP contribution in [0.1, 0.15) is 6.04 Å². The second-order valence-corrected chi connectivity index (χ2v) is 8.28. The molecule has 0 saturated carbocycles. The van der Waals surface area contributed by atoms with Crippen molar-refractivity contribution in [1.82, 2.24) is 9.13 Å². The standard InChI is InChI=1S/C24H22N5/c1-25-17-8-3-5-10-19(17)27-14-16-15-28-20-11-6-4-9-18(20)26(2)24(28)22-13-7-12-21(23(25)27)29(16)22/h3-13,16H,14-15H2,1-2H3/q+3. The van der Waals surface area contributed by atoms with E-state index in [1.807, 2.05) is 0 Å². The molecule has 0 saturated heterocycles. The van der Waals surface area contributed by atoms with Crippen molar-refractivity contribution >= 4 is 22.1 Å². The van der Waals surface area contributed by atoms with Crippen molar-refractivity contribution in [2.75, 3.05) is 0 Å². The average Bonchev–Trinajstić information content (AvgIpc) is 3.21. The molecule has 0 aliphatic carbocycles. The van der Waals surface area contributed by atoms with E-state index < -0.39 is 0 Å². The van der Waals surface area contributed by atoms with E-state index in [1.165, 1.54) is 45.1 Å². The van der Waals surface area contributed by atoms with Gasteiger partial charge in [-0.05, 0) is 30.3 Å². The van der Waals surface area contributed by atoms with Crippen molar-refractivity contribution in [3.63, 3.8) is 0 Å². The largest absolute Gasteiger partial charge is 0.355 e. The maximum atomic E-state index is 2.57. The van der Waals surface area contributed by atoms with Gasteiger partial charge in [0, 0.05) is 12.1 Å². The Morgan fingerprint density at radius 3 is 1.66 bits per heavy atom. The van der Waals surface area contributed by atoms with Crippen LogP contribution in [0.5, 0.6) is 0 Å². The fourth-order valence-electron chi connectivity index (χ4n) is 5.68. The highest BCUT2D eigenvalue weighted by molar-refractivity contribution is 5.77. The van der Waals surface area contributed by atoms with Gasteiger partial charge in [-0.2, -0.15) is 4.57 Å². The third-order valence-electron chi connectivity index (χ3n) is 6.85. The summed E-state index contributed by atoms with van der Waals surface area (Å²) < 4.78 is 12.3. The highest BCUT2D eigenvalue weighted by atomic mass is 15.3. The molecular weight excluding hydrogens is 358 g/mol. The summed E-state index contributed by atoms with van der Waals surface area (Å²) in [5.41, 5.74) is 7.80. The lowest BCUT2D eigenvalue weighted by atomic mass is 10.1.